The first-order chi connectivity index (χ1) is 19.3. The molecule has 3 amide bonds. The lowest BCUT2D eigenvalue weighted by molar-refractivity contribution is -0.139. The van der Waals surface area contributed by atoms with Crippen molar-refractivity contribution in [1.29, 1.82) is 0 Å². The number of carbonyl (C=O) groups is 3. The first kappa shape index (κ1) is 31.1. The Morgan fingerprint density at radius 1 is 0.925 bits per heavy atom. The van der Waals surface area contributed by atoms with E-state index < -0.39 is 6.04 Å². The van der Waals surface area contributed by atoms with E-state index in [2.05, 4.69) is 66.1 Å². The van der Waals surface area contributed by atoms with Crippen LogP contribution in [0.1, 0.15) is 69.9 Å². The molecule has 2 aromatic rings. The van der Waals surface area contributed by atoms with Gasteiger partial charge in [-0.05, 0) is 61.1 Å². The molecular formula is C33H46N4O3. The third kappa shape index (κ3) is 9.05. The Kier molecular flexibility index (Phi) is 12.4. The van der Waals surface area contributed by atoms with E-state index in [1.54, 1.807) is 30.0 Å². The zero-order chi connectivity index (χ0) is 28.9. The van der Waals surface area contributed by atoms with Crippen molar-refractivity contribution in [2.24, 2.45) is 0 Å². The second-order valence-electron chi connectivity index (χ2n) is 10.7. The Morgan fingerprint density at radius 3 is 2.42 bits per heavy atom. The van der Waals surface area contributed by atoms with Gasteiger partial charge in [0.05, 0.1) is 0 Å². The normalized spacial score (nSPS) is 15.7. The number of hydrogen-bond donors (Lipinski definition) is 2. The van der Waals surface area contributed by atoms with E-state index >= 15 is 0 Å². The molecule has 0 saturated heterocycles. The van der Waals surface area contributed by atoms with Gasteiger partial charge in [-0.3, -0.25) is 14.4 Å². The van der Waals surface area contributed by atoms with Gasteiger partial charge in [0, 0.05) is 51.8 Å². The molecule has 1 heterocycles. The summed E-state index contributed by atoms with van der Waals surface area (Å²) in [7, 11) is 3.40. The van der Waals surface area contributed by atoms with Crippen LogP contribution in [0, 0.1) is 0 Å². The van der Waals surface area contributed by atoms with Crippen molar-refractivity contribution in [1.82, 2.24) is 20.4 Å². The number of allylic oxidation sites excluding steroid dienone is 1. The van der Waals surface area contributed by atoms with Crippen LogP contribution in [0.25, 0.3) is 11.1 Å². The molecule has 216 valence electrons. The molecule has 7 heteroatoms. The molecule has 2 N–H and O–H groups in total. The van der Waals surface area contributed by atoms with Gasteiger partial charge in [-0.15, -0.1) is 0 Å². The number of benzene rings is 2. The number of rotatable bonds is 15. The minimum atomic E-state index is -0.524. The van der Waals surface area contributed by atoms with Gasteiger partial charge in [0.1, 0.15) is 6.04 Å². The molecule has 0 unspecified atom stereocenters. The zero-order valence-corrected chi connectivity index (χ0v) is 24.7. The summed E-state index contributed by atoms with van der Waals surface area (Å²) in [6, 6.07) is 16.3. The fraction of sp³-hybridized carbons (Fsp3) is 0.485. The van der Waals surface area contributed by atoms with Gasteiger partial charge in [0.15, 0.2) is 0 Å². The fourth-order valence-corrected chi connectivity index (χ4v) is 5.05. The van der Waals surface area contributed by atoms with E-state index in [0.717, 1.165) is 74.0 Å². The third-order valence-electron chi connectivity index (χ3n) is 7.62. The highest BCUT2D eigenvalue weighted by Gasteiger charge is 2.33. The summed E-state index contributed by atoms with van der Waals surface area (Å²) in [5.74, 6) is -0.0381. The van der Waals surface area contributed by atoms with Crippen molar-refractivity contribution in [3.05, 3.63) is 71.4 Å². The van der Waals surface area contributed by atoms with Crippen LogP contribution in [0.2, 0.25) is 0 Å². The molecule has 1 aliphatic heterocycles. The molecule has 7 nitrogen and oxygen atoms in total. The fourth-order valence-electron chi connectivity index (χ4n) is 5.05. The Hall–Kier alpha value is -3.45. The van der Waals surface area contributed by atoms with Crippen LogP contribution in [0.5, 0.6) is 0 Å². The SMILES string of the molecule is CCCCCCN1C(=O)[C@H](Cc2ccc(-c3cccc(CNCCCCC(=O)NC)c3)cc2)N(C)C(=O)C=C1C. The molecule has 0 radical (unpaired) electrons. The topological polar surface area (TPSA) is 81.8 Å². The van der Waals surface area contributed by atoms with Crippen molar-refractivity contribution in [2.45, 2.75) is 77.8 Å². The molecule has 1 atom stereocenters. The van der Waals surface area contributed by atoms with Crippen molar-refractivity contribution in [3.63, 3.8) is 0 Å². The average molecular weight is 547 g/mol. The molecule has 0 bridgehead atoms. The average Bonchev–Trinajstić information content (AvgIpc) is 3.03. The molecular weight excluding hydrogens is 500 g/mol. The van der Waals surface area contributed by atoms with Crippen LogP contribution in [0.3, 0.4) is 0 Å². The lowest BCUT2D eigenvalue weighted by Crippen LogP contribution is -2.47. The lowest BCUT2D eigenvalue weighted by Gasteiger charge is -2.29. The Balaban J connectivity index is 1.60. The smallest absolute Gasteiger partial charge is 0.249 e. The Labute approximate surface area is 240 Å². The van der Waals surface area contributed by atoms with Gasteiger partial charge < -0.3 is 20.4 Å². The number of nitrogens with one attached hydrogen (secondary N) is 2. The predicted octanol–water partition coefficient (Wildman–Crippen LogP) is 5.06. The van der Waals surface area contributed by atoms with Gasteiger partial charge in [-0.2, -0.15) is 0 Å². The quantitative estimate of drug-likeness (QED) is 0.306. The van der Waals surface area contributed by atoms with Gasteiger partial charge in [-0.25, -0.2) is 0 Å². The first-order valence-corrected chi connectivity index (χ1v) is 14.7. The third-order valence-corrected chi connectivity index (χ3v) is 7.62. The Morgan fingerprint density at radius 2 is 1.70 bits per heavy atom. The summed E-state index contributed by atoms with van der Waals surface area (Å²) in [6.45, 7) is 6.33. The summed E-state index contributed by atoms with van der Waals surface area (Å²) >= 11 is 0. The van der Waals surface area contributed by atoms with Crippen molar-refractivity contribution in [3.8, 4) is 11.1 Å². The summed E-state index contributed by atoms with van der Waals surface area (Å²) in [5, 5.41) is 6.12. The van der Waals surface area contributed by atoms with Crippen LogP contribution < -0.4 is 10.6 Å². The standard InChI is InChI=1S/C33H46N4O3/c1-5-6-7-10-20-37-25(2)21-32(39)36(4)30(33(37)40)23-26-15-17-28(18-16-26)29-13-11-12-27(22-29)24-35-19-9-8-14-31(38)34-3/h11-13,15-18,21-22,30,35H,5-10,14,19-20,23-24H2,1-4H3,(H,34,38)/t30-/m0/s1. The summed E-state index contributed by atoms with van der Waals surface area (Å²) < 4.78 is 0. The van der Waals surface area contributed by atoms with Crippen molar-refractivity contribution in [2.75, 3.05) is 27.2 Å². The molecule has 2 aromatic carbocycles. The number of carbonyl (C=O) groups excluding carboxylic acids is 3. The maximum atomic E-state index is 13.6. The second kappa shape index (κ2) is 16.0. The van der Waals surface area contributed by atoms with Crippen LogP contribution in [0.15, 0.2) is 60.3 Å². The van der Waals surface area contributed by atoms with E-state index in [9.17, 15) is 14.4 Å². The number of nitrogens with zero attached hydrogens (tertiary/aromatic N) is 2. The Bertz CT molecular complexity index is 1160. The molecule has 0 saturated carbocycles. The molecule has 0 spiro atoms. The first-order valence-electron chi connectivity index (χ1n) is 14.7. The zero-order valence-electron chi connectivity index (χ0n) is 24.7. The monoisotopic (exact) mass is 546 g/mol. The number of unbranched alkanes of at least 4 members (excludes halogenated alkanes) is 4. The maximum absolute atomic E-state index is 13.6. The van der Waals surface area contributed by atoms with Crippen LogP contribution in [0.4, 0.5) is 0 Å². The maximum Gasteiger partial charge on any atom is 0.249 e. The molecule has 0 fully saturated rings. The van der Waals surface area contributed by atoms with E-state index in [4.69, 9.17) is 0 Å². The van der Waals surface area contributed by atoms with Gasteiger partial charge >= 0.3 is 0 Å². The molecule has 0 aliphatic carbocycles. The highest BCUT2D eigenvalue weighted by atomic mass is 16.2. The summed E-state index contributed by atoms with van der Waals surface area (Å²) in [4.78, 5) is 41.1. The van der Waals surface area contributed by atoms with E-state index in [0.29, 0.717) is 19.4 Å². The predicted molar refractivity (Wildman–Crippen MR) is 161 cm³/mol. The molecule has 40 heavy (non-hydrogen) atoms. The van der Waals surface area contributed by atoms with Gasteiger partial charge in [-0.1, -0.05) is 68.7 Å². The largest absolute Gasteiger partial charge is 0.359 e. The number of hydrogen-bond acceptors (Lipinski definition) is 4. The number of likely N-dealkylation sites (N-methyl/N-ethyl adjacent to an activating group) is 1. The van der Waals surface area contributed by atoms with Gasteiger partial charge in [0.2, 0.25) is 17.7 Å². The highest BCUT2D eigenvalue weighted by Crippen LogP contribution is 2.24. The summed E-state index contributed by atoms with van der Waals surface area (Å²) in [5.41, 5.74) is 5.22. The molecule has 1 aliphatic rings. The molecule has 3 rings (SSSR count). The van der Waals surface area contributed by atoms with E-state index in [1.807, 2.05) is 6.92 Å². The van der Waals surface area contributed by atoms with E-state index in [1.165, 1.54) is 5.56 Å². The minimum absolute atomic E-state index is 0.00324. The number of amides is 3. The lowest BCUT2D eigenvalue weighted by atomic mass is 9.98. The van der Waals surface area contributed by atoms with Crippen LogP contribution in [-0.4, -0.2) is 60.7 Å². The molecule has 0 aromatic heterocycles. The van der Waals surface area contributed by atoms with Crippen molar-refractivity contribution < 1.29 is 14.4 Å². The van der Waals surface area contributed by atoms with Crippen LogP contribution >= 0.6 is 0 Å². The van der Waals surface area contributed by atoms with E-state index in [-0.39, 0.29) is 17.7 Å². The summed E-state index contributed by atoms with van der Waals surface area (Å²) in [6.07, 6.45) is 8.80. The van der Waals surface area contributed by atoms with Gasteiger partial charge in [0.25, 0.3) is 0 Å². The minimum Gasteiger partial charge on any atom is -0.359 e. The van der Waals surface area contributed by atoms with Crippen molar-refractivity contribution >= 4 is 17.7 Å². The highest BCUT2D eigenvalue weighted by molar-refractivity contribution is 5.96. The second-order valence-corrected chi connectivity index (χ2v) is 10.7. The van der Waals surface area contributed by atoms with Crippen LogP contribution in [-0.2, 0) is 27.3 Å².